The lowest BCUT2D eigenvalue weighted by Crippen LogP contribution is -2.46. The maximum Gasteiger partial charge on any atom is 0.0552 e. The predicted molar refractivity (Wildman–Crippen MR) is 90.1 cm³/mol. The van der Waals surface area contributed by atoms with E-state index in [4.69, 9.17) is 4.74 Å². The van der Waals surface area contributed by atoms with Crippen molar-refractivity contribution in [3.63, 3.8) is 0 Å². The summed E-state index contributed by atoms with van der Waals surface area (Å²) in [4.78, 5) is 2.51. The van der Waals surface area contributed by atoms with Crippen molar-refractivity contribution < 1.29 is 4.74 Å². The molecule has 3 nitrogen and oxygen atoms in total. The average Bonchev–Trinajstić information content (AvgIpc) is 2.93. The van der Waals surface area contributed by atoms with E-state index in [1.54, 1.807) is 0 Å². The van der Waals surface area contributed by atoms with E-state index in [-0.39, 0.29) is 5.41 Å². The molecule has 0 aliphatic carbocycles. The fraction of sp³-hybridized carbons (Fsp3) is 0.667. The maximum atomic E-state index is 5.74. The molecular weight excluding hydrogens is 260 g/mol. The normalized spacial score (nSPS) is 22.0. The zero-order chi connectivity index (χ0) is 15.3. The maximum absolute atomic E-state index is 5.74. The van der Waals surface area contributed by atoms with Gasteiger partial charge in [0.2, 0.25) is 0 Å². The topological polar surface area (TPSA) is 24.5 Å². The lowest BCUT2D eigenvalue weighted by Gasteiger charge is -2.36. The molecule has 3 heteroatoms. The average molecular weight is 290 g/mol. The highest BCUT2D eigenvalue weighted by molar-refractivity contribution is 5.53. The Morgan fingerprint density at radius 3 is 2.67 bits per heavy atom. The number of ether oxygens (including phenoxy) is 1. The molecule has 21 heavy (non-hydrogen) atoms. The number of hydrogen-bond acceptors (Lipinski definition) is 3. The molecule has 0 radical (unpaired) electrons. The van der Waals surface area contributed by atoms with Gasteiger partial charge in [0.1, 0.15) is 0 Å². The lowest BCUT2D eigenvalue weighted by atomic mass is 9.86. The summed E-state index contributed by atoms with van der Waals surface area (Å²) in [7, 11) is 0. The Morgan fingerprint density at radius 2 is 2.10 bits per heavy atom. The van der Waals surface area contributed by atoms with Gasteiger partial charge in [0.05, 0.1) is 6.61 Å². The van der Waals surface area contributed by atoms with Gasteiger partial charge >= 0.3 is 0 Å². The Morgan fingerprint density at radius 1 is 1.33 bits per heavy atom. The van der Waals surface area contributed by atoms with Crippen LogP contribution in [-0.4, -0.2) is 38.9 Å². The molecule has 1 saturated heterocycles. The van der Waals surface area contributed by atoms with Crippen LogP contribution in [0.15, 0.2) is 24.3 Å². The first kappa shape index (κ1) is 16.3. The second-order valence-corrected chi connectivity index (χ2v) is 6.64. The van der Waals surface area contributed by atoms with E-state index in [1.807, 2.05) is 0 Å². The number of benzene rings is 1. The summed E-state index contributed by atoms with van der Waals surface area (Å²) in [6.07, 6.45) is 1.15. The molecule has 0 aromatic heterocycles. The predicted octanol–water partition coefficient (Wildman–Crippen LogP) is 3.23. The van der Waals surface area contributed by atoms with Gasteiger partial charge in [-0.05, 0) is 31.9 Å². The SMILES string of the molecule is CCN(CC1(CNC(C)C)CCOC1)c1ccccc1C. The minimum atomic E-state index is 0.239. The van der Waals surface area contributed by atoms with Crippen LogP contribution >= 0.6 is 0 Å². The molecule has 1 unspecified atom stereocenters. The molecule has 1 aromatic carbocycles. The van der Waals surface area contributed by atoms with Crippen molar-refractivity contribution in [2.24, 2.45) is 5.41 Å². The Bertz CT molecular complexity index is 439. The van der Waals surface area contributed by atoms with Crippen molar-refractivity contribution in [2.75, 3.05) is 37.7 Å². The van der Waals surface area contributed by atoms with Crippen molar-refractivity contribution in [2.45, 2.75) is 40.2 Å². The van der Waals surface area contributed by atoms with Gasteiger partial charge in [-0.2, -0.15) is 0 Å². The minimum absolute atomic E-state index is 0.239. The Hall–Kier alpha value is -1.06. The first-order valence-electron chi connectivity index (χ1n) is 8.18. The number of aryl methyl sites for hydroxylation is 1. The monoisotopic (exact) mass is 290 g/mol. The van der Waals surface area contributed by atoms with Gasteiger partial charge in [-0.25, -0.2) is 0 Å². The van der Waals surface area contributed by atoms with E-state index in [9.17, 15) is 0 Å². The summed E-state index contributed by atoms with van der Waals surface area (Å²) < 4.78 is 5.74. The largest absolute Gasteiger partial charge is 0.381 e. The van der Waals surface area contributed by atoms with Crippen LogP contribution in [0.4, 0.5) is 5.69 Å². The van der Waals surface area contributed by atoms with Gasteiger partial charge in [-0.15, -0.1) is 0 Å². The molecule has 1 heterocycles. The molecule has 118 valence electrons. The summed E-state index contributed by atoms with van der Waals surface area (Å²) >= 11 is 0. The van der Waals surface area contributed by atoms with Crippen LogP contribution in [0.25, 0.3) is 0 Å². The van der Waals surface area contributed by atoms with Crippen LogP contribution in [-0.2, 0) is 4.74 Å². The van der Waals surface area contributed by atoms with Gasteiger partial charge in [0.15, 0.2) is 0 Å². The molecule has 2 rings (SSSR count). The van der Waals surface area contributed by atoms with E-state index in [2.05, 4.69) is 62.2 Å². The summed E-state index contributed by atoms with van der Waals surface area (Å²) in [5.41, 5.74) is 2.95. The number of anilines is 1. The van der Waals surface area contributed by atoms with Gasteiger partial charge in [-0.1, -0.05) is 32.0 Å². The van der Waals surface area contributed by atoms with Crippen LogP contribution < -0.4 is 10.2 Å². The lowest BCUT2D eigenvalue weighted by molar-refractivity contribution is 0.150. The van der Waals surface area contributed by atoms with Crippen molar-refractivity contribution >= 4 is 5.69 Å². The third kappa shape index (κ3) is 4.21. The van der Waals surface area contributed by atoms with Crippen LogP contribution in [0.5, 0.6) is 0 Å². The third-order valence-corrected chi connectivity index (χ3v) is 4.43. The third-order valence-electron chi connectivity index (χ3n) is 4.43. The summed E-state index contributed by atoms with van der Waals surface area (Å²) in [5.74, 6) is 0. The standard InChI is InChI=1S/C18H30N2O/c1-5-20(17-9-7-6-8-16(17)4)13-18(10-11-21-14-18)12-19-15(2)3/h6-9,15,19H,5,10-14H2,1-4H3. The van der Waals surface area contributed by atoms with E-state index < -0.39 is 0 Å². The smallest absolute Gasteiger partial charge is 0.0552 e. The van der Waals surface area contributed by atoms with Crippen molar-refractivity contribution in [1.82, 2.24) is 5.32 Å². The fourth-order valence-electron chi connectivity index (χ4n) is 3.08. The second kappa shape index (κ2) is 7.28. The number of para-hydroxylation sites is 1. The first-order valence-corrected chi connectivity index (χ1v) is 8.18. The molecule has 1 fully saturated rings. The highest BCUT2D eigenvalue weighted by atomic mass is 16.5. The molecule has 1 atom stereocenters. The first-order chi connectivity index (χ1) is 10.1. The molecule has 1 aliphatic rings. The summed E-state index contributed by atoms with van der Waals surface area (Å²) in [6, 6.07) is 9.20. The molecule has 1 aliphatic heterocycles. The molecule has 0 saturated carbocycles. The van der Waals surface area contributed by atoms with Crippen molar-refractivity contribution in [3.8, 4) is 0 Å². The van der Waals surface area contributed by atoms with Crippen molar-refractivity contribution in [1.29, 1.82) is 0 Å². The molecule has 1 aromatic rings. The van der Waals surface area contributed by atoms with Crippen LogP contribution in [0.2, 0.25) is 0 Å². The Kier molecular flexibility index (Phi) is 5.65. The van der Waals surface area contributed by atoms with Gasteiger partial charge in [0, 0.05) is 43.4 Å². The van der Waals surface area contributed by atoms with Crippen molar-refractivity contribution in [3.05, 3.63) is 29.8 Å². The van der Waals surface area contributed by atoms with E-state index in [1.165, 1.54) is 11.3 Å². The van der Waals surface area contributed by atoms with Gasteiger partial charge in [0.25, 0.3) is 0 Å². The quantitative estimate of drug-likeness (QED) is 0.834. The molecule has 0 spiro atoms. The number of rotatable bonds is 7. The number of nitrogens with zero attached hydrogens (tertiary/aromatic N) is 1. The van der Waals surface area contributed by atoms with E-state index in [0.717, 1.165) is 39.3 Å². The molecule has 0 amide bonds. The molecular formula is C18H30N2O. The summed E-state index contributed by atoms with van der Waals surface area (Å²) in [6.45, 7) is 13.8. The number of hydrogen-bond donors (Lipinski definition) is 1. The van der Waals surface area contributed by atoms with Gasteiger partial charge in [-0.3, -0.25) is 0 Å². The Labute approximate surface area is 129 Å². The van der Waals surface area contributed by atoms with Crippen LogP contribution in [0.3, 0.4) is 0 Å². The minimum Gasteiger partial charge on any atom is -0.381 e. The zero-order valence-electron chi connectivity index (χ0n) is 14.0. The van der Waals surface area contributed by atoms with Gasteiger partial charge < -0.3 is 15.0 Å². The highest BCUT2D eigenvalue weighted by Gasteiger charge is 2.36. The second-order valence-electron chi connectivity index (χ2n) is 6.64. The molecule has 1 N–H and O–H groups in total. The zero-order valence-corrected chi connectivity index (χ0v) is 14.0. The molecule has 0 bridgehead atoms. The Balaban J connectivity index is 2.12. The number of nitrogens with one attached hydrogen (secondary N) is 1. The van der Waals surface area contributed by atoms with E-state index in [0.29, 0.717) is 6.04 Å². The van der Waals surface area contributed by atoms with Crippen LogP contribution in [0, 0.1) is 12.3 Å². The summed E-state index contributed by atoms with van der Waals surface area (Å²) in [5, 5.41) is 3.62. The van der Waals surface area contributed by atoms with Crippen LogP contribution in [0.1, 0.15) is 32.8 Å². The highest BCUT2D eigenvalue weighted by Crippen LogP contribution is 2.32. The fourth-order valence-corrected chi connectivity index (χ4v) is 3.08. The van der Waals surface area contributed by atoms with E-state index >= 15 is 0 Å².